The van der Waals surface area contributed by atoms with E-state index in [4.69, 9.17) is 0 Å². The van der Waals surface area contributed by atoms with Gasteiger partial charge in [-0.05, 0) is 81.5 Å². The van der Waals surface area contributed by atoms with Crippen LogP contribution in [-0.2, 0) is 4.79 Å². The van der Waals surface area contributed by atoms with Gasteiger partial charge in [0.15, 0.2) is 11.5 Å². The van der Waals surface area contributed by atoms with E-state index in [0.29, 0.717) is 23.7 Å². The second-order valence-electron chi connectivity index (χ2n) is 9.32. The molecule has 3 saturated carbocycles. The Morgan fingerprint density at radius 1 is 1.13 bits per heavy atom. The molecule has 0 saturated heterocycles. The maximum atomic E-state index is 15.6. The Labute approximate surface area is 140 Å². The van der Waals surface area contributed by atoms with Gasteiger partial charge in [0, 0.05) is 5.41 Å². The van der Waals surface area contributed by atoms with Crippen molar-refractivity contribution in [2.45, 2.75) is 84.2 Å². The van der Waals surface area contributed by atoms with Crippen molar-refractivity contribution in [3.63, 3.8) is 0 Å². The minimum absolute atomic E-state index is 0.225. The summed E-state index contributed by atoms with van der Waals surface area (Å²) in [7, 11) is 0. The number of carbonyl (C=O) groups excluding carboxylic acids is 1. The van der Waals surface area contributed by atoms with Crippen molar-refractivity contribution in [3.05, 3.63) is 11.6 Å². The minimum Gasteiger partial charge on any atom is -0.296 e. The van der Waals surface area contributed by atoms with Crippen LogP contribution in [0.4, 0.5) is 4.39 Å². The molecule has 3 fully saturated rings. The fourth-order valence-electron chi connectivity index (χ4n) is 7.26. The van der Waals surface area contributed by atoms with Gasteiger partial charge in [-0.15, -0.1) is 0 Å². The second-order valence-corrected chi connectivity index (χ2v) is 9.32. The summed E-state index contributed by atoms with van der Waals surface area (Å²) in [5.41, 5.74) is 0.0706. The first kappa shape index (κ1) is 15.8. The number of alkyl halides is 1. The van der Waals surface area contributed by atoms with Crippen LogP contribution in [0.5, 0.6) is 0 Å². The zero-order valence-electron chi connectivity index (χ0n) is 15.0. The second kappa shape index (κ2) is 4.92. The van der Waals surface area contributed by atoms with Crippen molar-refractivity contribution in [2.75, 3.05) is 0 Å². The Bertz CT molecular complexity index is 566. The monoisotopic (exact) mass is 318 g/mol. The van der Waals surface area contributed by atoms with E-state index >= 15 is 4.39 Å². The summed E-state index contributed by atoms with van der Waals surface area (Å²) in [6, 6.07) is 0. The molecule has 0 unspecified atom stereocenters. The summed E-state index contributed by atoms with van der Waals surface area (Å²) in [4.78, 5) is 12.1. The minimum atomic E-state index is -1.57. The van der Waals surface area contributed by atoms with Crippen LogP contribution < -0.4 is 0 Å². The fraction of sp³-hybridized carbons (Fsp3) is 0.857. The molecule has 2 heteroatoms. The maximum absolute atomic E-state index is 15.6. The van der Waals surface area contributed by atoms with Gasteiger partial charge in [0.2, 0.25) is 0 Å². The van der Waals surface area contributed by atoms with Gasteiger partial charge in [-0.2, -0.15) is 0 Å². The molecule has 128 valence electrons. The third-order valence-electron chi connectivity index (χ3n) is 8.67. The zero-order chi connectivity index (χ0) is 16.5. The average molecular weight is 318 g/mol. The average Bonchev–Trinajstić information content (AvgIpc) is 2.80. The summed E-state index contributed by atoms with van der Waals surface area (Å²) >= 11 is 0. The van der Waals surface area contributed by atoms with E-state index in [0.717, 1.165) is 31.6 Å². The van der Waals surface area contributed by atoms with Gasteiger partial charge in [0.25, 0.3) is 0 Å². The molecule has 23 heavy (non-hydrogen) atoms. The van der Waals surface area contributed by atoms with E-state index in [1.165, 1.54) is 32.6 Å². The van der Waals surface area contributed by atoms with Gasteiger partial charge in [-0.3, -0.25) is 4.79 Å². The molecular formula is C21H31FO. The number of Topliss-reactive ketones (excluding diaryl/α,β-unsaturated/α-hetero) is 1. The van der Waals surface area contributed by atoms with E-state index in [9.17, 15) is 4.79 Å². The smallest absolute Gasteiger partial charge is 0.174 e. The maximum Gasteiger partial charge on any atom is 0.174 e. The van der Waals surface area contributed by atoms with Crippen LogP contribution in [0, 0.1) is 28.6 Å². The van der Waals surface area contributed by atoms with Gasteiger partial charge in [0.05, 0.1) is 0 Å². The third-order valence-corrected chi connectivity index (χ3v) is 8.67. The molecule has 1 nitrogen and oxygen atoms in total. The number of ketones is 1. The van der Waals surface area contributed by atoms with Crippen LogP contribution in [0.1, 0.15) is 78.6 Å². The number of rotatable bonds is 1. The summed E-state index contributed by atoms with van der Waals surface area (Å²) in [6.07, 6.45) is 12.3. The molecule has 0 heterocycles. The predicted octanol–water partition coefficient (Wildman–Crippen LogP) is 5.64. The van der Waals surface area contributed by atoms with Crippen LogP contribution in [0.15, 0.2) is 11.6 Å². The molecule has 6 atom stereocenters. The summed E-state index contributed by atoms with van der Waals surface area (Å²) in [5, 5.41) is 0. The molecule has 0 amide bonds. The lowest BCUT2D eigenvalue weighted by Crippen LogP contribution is -2.54. The first-order valence-electron chi connectivity index (χ1n) is 9.72. The predicted molar refractivity (Wildman–Crippen MR) is 90.8 cm³/mol. The van der Waals surface area contributed by atoms with Crippen LogP contribution >= 0.6 is 0 Å². The van der Waals surface area contributed by atoms with Gasteiger partial charge in [0.1, 0.15) is 0 Å². The summed E-state index contributed by atoms with van der Waals surface area (Å²) in [5.74, 6) is 1.48. The lowest BCUT2D eigenvalue weighted by Gasteiger charge is -2.58. The highest BCUT2D eigenvalue weighted by Gasteiger charge is 2.66. The van der Waals surface area contributed by atoms with Gasteiger partial charge < -0.3 is 0 Å². The highest BCUT2D eigenvalue weighted by molar-refractivity contribution is 5.86. The molecule has 0 aromatic rings. The van der Waals surface area contributed by atoms with Crippen molar-refractivity contribution >= 4 is 5.78 Å². The number of hydrogen-bond acceptors (Lipinski definition) is 1. The molecule has 0 aromatic carbocycles. The van der Waals surface area contributed by atoms with E-state index in [1.54, 1.807) is 5.57 Å². The lowest BCUT2D eigenvalue weighted by atomic mass is 9.47. The highest BCUT2D eigenvalue weighted by atomic mass is 19.1. The number of allylic oxidation sites excluding steroid dienone is 2. The SMILES string of the molecule is CC(=O)[C@@]1(F)CC[C@H]2[C@@H]3CC=C4CCCC[C@]4(C)[C@H]3CC[C@@]21C. The van der Waals surface area contributed by atoms with Gasteiger partial charge in [-0.1, -0.05) is 31.9 Å². The standard InChI is InChI=1S/C21H31FO/c1-14(23)21(22)13-10-18-16-8-7-15-6-4-5-11-19(15,2)17(16)9-12-20(18,21)3/h7,16-18H,4-6,8-13H2,1-3H3/t16-,17+,18+,19+,20+,21+/m1/s1. The van der Waals surface area contributed by atoms with Crippen molar-refractivity contribution in [3.8, 4) is 0 Å². The number of halogens is 1. The van der Waals surface area contributed by atoms with Crippen LogP contribution in [0.2, 0.25) is 0 Å². The normalized spacial score (nSPS) is 52.2. The Balaban J connectivity index is 1.71. The van der Waals surface area contributed by atoms with Crippen LogP contribution in [-0.4, -0.2) is 11.5 Å². The van der Waals surface area contributed by atoms with Gasteiger partial charge >= 0.3 is 0 Å². The number of carbonyl (C=O) groups is 1. The molecule has 0 aliphatic heterocycles. The lowest BCUT2D eigenvalue weighted by molar-refractivity contribution is -0.143. The highest BCUT2D eigenvalue weighted by Crippen LogP contribution is 2.68. The van der Waals surface area contributed by atoms with E-state index < -0.39 is 11.1 Å². The zero-order valence-corrected chi connectivity index (χ0v) is 15.0. The van der Waals surface area contributed by atoms with Crippen LogP contribution in [0.25, 0.3) is 0 Å². The number of hydrogen-bond donors (Lipinski definition) is 0. The molecule has 4 aliphatic carbocycles. The Morgan fingerprint density at radius 3 is 2.61 bits per heavy atom. The molecule has 4 aliphatic rings. The molecular weight excluding hydrogens is 287 g/mol. The van der Waals surface area contributed by atoms with Crippen LogP contribution in [0.3, 0.4) is 0 Å². The fourth-order valence-corrected chi connectivity index (χ4v) is 7.26. The molecule has 0 N–H and O–H groups in total. The quantitative estimate of drug-likeness (QED) is 0.572. The largest absolute Gasteiger partial charge is 0.296 e. The Hall–Kier alpha value is -0.660. The van der Waals surface area contributed by atoms with Crippen molar-refractivity contribution in [1.82, 2.24) is 0 Å². The third kappa shape index (κ3) is 1.87. The molecule has 0 bridgehead atoms. The van der Waals surface area contributed by atoms with E-state index in [2.05, 4.69) is 19.9 Å². The first-order valence-corrected chi connectivity index (χ1v) is 9.72. The van der Waals surface area contributed by atoms with Crippen molar-refractivity contribution in [2.24, 2.45) is 28.6 Å². The molecule has 0 spiro atoms. The van der Waals surface area contributed by atoms with E-state index in [1.807, 2.05) is 0 Å². The van der Waals surface area contributed by atoms with E-state index in [-0.39, 0.29) is 5.78 Å². The first-order chi connectivity index (χ1) is 10.8. The summed E-state index contributed by atoms with van der Waals surface area (Å²) in [6.45, 7) is 6.05. The molecule has 0 aromatic heterocycles. The van der Waals surface area contributed by atoms with Crippen molar-refractivity contribution in [1.29, 1.82) is 0 Å². The molecule has 0 radical (unpaired) electrons. The topological polar surface area (TPSA) is 17.1 Å². The summed E-state index contributed by atoms with van der Waals surface area (Å²) < 4.78 is 15.6. The Kier molecular flexibility index (Phi) is 3.39. The van der Waals surface area contributed by atoms with Crippen molar-refractivity contribution < 1.29 is 9.18 Å². The molecule has 4 rings (SSSR count). The number of fused-ring (bicyclic) bond motifs is 5. The Morgan fingerprint density at radius 2 is 1.87 bits per heavy atom. The van der Waals surface area contributed by atoms with Gasteiger partial charge in [-0.25, -0.2) is 4.39 Å².